The van der Waals surface area contributed by atoms with Crippen molar-refractivity contribution < 1.29 is 37.0 Å². The number of rotatable bonds is 15. The number of nitrogens with one attached hydrogen (secondary N) is 1. The molecule has 1 fully saturated rings. The summed E-state index contributed by atoms with van der Waals surface area (Å²) in [6.07, 6.45) is 4.44. The number of amides is 3. The molecule has 286 valence electrons. The predicted molar refractivity (Wildman–Crippen MR) is 201 cm³/mol. The second-order valence-corrected chi connectivity index (χ2v) is 16.3. The number of hydrogen-bond donors (Lipinski definition) is 1. The molecule has 3 aromatic carbocycles. The highest BCUT2D eigenvalue weighted by molar-refractivity contribution is 7.90. The molecule has 1 atom stereocenters. The average molecular weight is 786 g/mol. The van der Waals surface area contributed by atoms with Crippen molar-refractivity contribution in [3.63, 3.8) is 0 Å². The fourth-order valence-corrected chi connectivity index (χ4v) is 7.39. The van der Waals surface area contributed by atoms with Gasteiger partial charge >= 0.3 is 0 Å². The summed E-state index contributed by atoms with van der Waals surface area (Å²) in [7, 11) is -3.53. The molecule has 13 nitrogen and oxygen atoms in total. The number of ether oxygens (including phenoxy) is 3. The lowest BCUT2D eigenvalue weighted by Gasteiger charge is -2.29. The van der Waals surface area contributed by atoms with Gasteiger partial charge in [0, 0.05) is 43.0 Å². The number of benzene rings is 3. The van der Waals surface area contributed by atoms with Crippen molar-refractivity contribution in [1.82, 2.24) is 20.2 Å². The van der Waals surface area contributed by atoms with Gasteiger partial charge in [0.1, 0.15) is 31.1 Å². The number of fused-ring (bicyclic) bond motifs is 1. The normalized spacial score (nSPS) is 15.7. The lowest BCUT2D eigenvalue weighted by atomic mass is 9.77. The van der Waals surface area contributed by atoms with Crippen molar-refractivity contribution >= 4 is 39.2 Å². The Hall–Kier alpha value is -5.36. The zero-order valence-electron chi connectivity index (χ0n) is 30.6. The van der Waals surface area contributed by atoms with Crippen LogP contribution in [0.4, 0.5) is 0 Å². The Bertz CT molecular complexity index is 2270. The molecule has 2 aliphatic heterocycles. The van der Waals surface area contributed by atoms with Gasteiger partial charge in [-0.05, 0) is 77.9 Å². The summed E-state index contributed by atoms with van der Waals surface area (Å²) in [6.45, 7) is 5.41. The molecular formula is C40H40ClN5O8S. The third kappa shape index (κ3) is 9.13. The molecule has 2 aliphatic rings. The van der Waals surface area contributed by atoms with Gasteiger partial charge in [0.05, 0.1) is 22.9 Å². The number of nitrogens with zero attached hydrogens (tertiary/aromatic N) is 4. The highest BCUT2D eigenvalue weighted by atomic mass is 35.5. The molecule has 3 amide bonds. The average Bonchev–Trinajstić information content (AvgIpc) is 3.48. The first-order valence-corrected chi connectivity index (χ1v) is 20.0. The van der Waals surface area contributed by atoms with Crippen LogP contribution in [-0.2, 0) is 49.2 Å². The number of hydrogen-bond acceptors (Lipinski definition) is 11. The van der Waals surface area contributed by atoms with Crippen LogP contribution < -0.4 is 14.8 Å². The first-order valence-electron chi connectivity index (χ1n) is 17.7. The Morgan fingerprint density at radius 3 is 2.51 bits per heavy atom. The van der Waals surface area contributed by atoms with E-state index in [9.17, 15) is 28.1 Å². The van der Waals surface area contributed by atoms with Crippen LogP contribution in [0.2, 0.25) is 5.02 Å². The molecule has 55 heavy (non-hydrogen) atoms. The number of carbonyl (C=O) groups excluding carboxylic acids is 3. The number of aryl methyl sites for hydroxylation is 1. The summed E-state index contributed by atoms with van der Waals surface area (Å²) in [5, 5.41) is 12.4. The Balaban J connectivity index is 0.967. The maximum absolute atomic E-state index is 13.0. The molecular weight excluding hydrogens is 746 g/mol. The summed E-state index contributed by atoms with van der Waals surface area (Å²) in [5.41, 5.74) is 4.48. The summed E-state index contributed by atoms with van der Waals surface area (Å²) in [6, 6.07) is 19.9. The molecule has 1 unspecified atom stereocenters. The van der Waals surface area contributed by atoms with E-state index in [1.165, 1.54) is 6.20 Å². The van der Waals surface area contributed by atoms with Crippen molar-refractivity contribution in [2.45, 2.75) is 69.3 Å². The SMILES string of the molecule is CC(C)(c1ccc(OCc2ccnc(S(C)(=O)=O)n2)cc1)c1cc(Cl)c(OCCOCCCc2ccc3c(c2)CN(C2CCC(=O)NC2=O)C3=O)c(C#N)c1. The molecule has 1 N–H and O–H groups in total. The minimum absolute atomic E-state index is 0.0662. The fraction of sp³-hybridized carbons (Fsp3) is 0.350. The van der Waals surface area contributed by atoms with E-state index in [0.29, 0.717) is 59.5 Å². The Labute approximate surface area is 324 Å². The largest absolute Gasteiger partial charge is 0.488 e. The van der Waals surface area contributed by atoms with Crippen molar-refractivity contribution in [2.24, 2.45) is 0 Å². The van der Waals surface area contributed by atoms with E-state index < -0.39 is 27.2 Å². The molecule has 1 saturated heterocycles. The molecule has 4 aromatic rings. The lowest BCUT2D eigenvalue weighted by Crippen LogP contribution is -2.52. The number of imide groups is 1. The van der Waals surface area contributed by atoms with E-state index in [4.69, 9.17) is 25.8 Å². The number of halogens is 1. The monoisotopic (exact) mass is 785 g/mol. The van der Waals surface area contributed by atoms with Gasteiger partial charge in [-0.25, -0.2) is 18.4 Å². The molecule has 0 saturated carbocycles. The van der Waals surface area contributed by atoms with Crippen LogP contribution in [0.1, 0.15) is 77.0 Å². The van der Waals surface area contributed by atoms with E-state index in [-0.39, 0.29) is 36.6 Å². The van der Waals surface area contributed by atoms with E-state index in [1.54, 1.807) is 29.2 Å². The minimum atomic E-state index is -3.53. The quantitative estimate of drug-likeness (QED) is 0.0964. The number of piperidine rings is 1. The summed E-state index contributed by atoms with van der Waals surface area (Å²) in [5.74, 6) is -0.0703. The summed E-state index contributed by atoms with van der Waals surface area (Å²) >= 11 is 6.67. The van der Waals surface area contributed by atoms with Crippen LogP contribution in [0.25, 0.3) is 0 Å². The van der Waals surface area contributed by atoms with E-state index in [2.05, 4.69) is 21.4 Å². The highest BCUT2D eigenvalue weighted by Crippen LogP contribution is 2.39. The van der Waals surface area contributed by atoms with Crippen LogP contribution in [0.5, 0.6) is 11.5 Å². The molecule has 1 aromatic heterocycles. The molecule has 0 spiro atoms. The molecule has 0 bridgehead atoms. The van der Waals surface area contributed by atoms with Crippen LogP contribution in [0.15, 0.2) is 72.0 Å². The second-order valence-electron chi connectivity index (χ2n) is 13.9. The lowest BCUT2D eigenvalue weighted by molar-refractivity contribution is -0.136. The maximum atomic E-state index is 13.0. The number of aromatic nitrogens is 2. The molecule has 15 heteroatoms. The molecule has 6 rings (SSSR count). The van der Waals surface area contributed by atoms with E-state index >= 15 is 0 Å². The van der Waals surface area contributed by atoms with Crippen molar-refractivity contribution in [3.05, 3.63) is 111 Å². The van der Waals surface area contributed by atoms with Gasteiger partial charge in [-0.2, -0.15) is 5.26 Å². The third-order valence-electron chi connectivity index (χ3n) is 9.69. The Morgan fingerprint density at radius 2 is 1.78 bits per heavy atom. The van der Waals surface area contributed by atoms with Crippen molar-refractivity contribution in [2.75, 3.05) is 26.1 Å². The van der Waals surface area contributed by atoms with Gasteiger partial charge in [-0.15, -0.1) is 0 Å². The zero-order valence-corrected chi connectivity index (χ0v) is 32.2. The smallest absolute Gasteiger partial charge is 0.255 e. The topological polar surface area (TPSA) is 178 Å². The maximum Gasteiger partial charge on any atom is 0.255 e. The van der Waals surface area contributed by atoms with Crippen molar-refractivity contribution in [1.29, 1.82) is 5.26 Å². The highest BCUT2D eigenvalue weighted by Gasteiger charge is 2.39. The van der Waals surface area contributed by atoms with Crippen molar-refractivity contribution in [3.8, 4) is 17.6 Å². The first kappa shape index (κ1) is 39.3. The zero-order chi connectivity index (χ0) is 39.3. The van der Waals surface area contributed by atoms with Crippen LogP contribution in [0.3, 0.4) is 0 Å². The molecule has 0 aliphatic carbocycles. The van der Waals surface area contributed by atoms with E-state index in [0.717, 1.165) is 41.4 Å². The van der Waals surface area contributed by atoms with Gasteiger partial charge in [0.2, 0.25) is 26.8 Å². The number of nitriles is 1. The summed E-state index contributed by atoms with van der Waals surface area (Å²) < 4.78 is 41.1. The molecule has 3 heterocycles. The van der Waals surface area contributed by atoms with Crippen LogP contribution in [-0.4, -0.2) is 73.1 Å². The Morgan fingerprint density at radius 1 is 1.00 bits per heavy atom. The van der Waals surface area contributed by atoms with E-state index in [1.807, 2.05) is 50.2 Å². The van der Waals surface area contributed by atoms with Gasteiger partial charge in [0.25, 0.3) is 5.91 Å². The standard InChI is InChI=1S/C40H40ClN5O8S/c1-40(2,28-7-9-31(10-8-28)54-24-30-14-15-43-39(44-30)55(3,50)51)29-20-26(22-42)36(33(41)21-29)53-18-17-52-16-4-5-25-6-11-32-27(19-25)23-46(38(32)49)34-12-13-35(47)45-37(34)48/h6-11,14-15,19-21,34H,4-5,12-13,16-18,23-24H2,1-3H3,(H,45,47,48). The first-order chi connectivity index (χ1) is 26.2. The second kappa shape index (κ2) is 16.6. The fourth-order valence-electron chi connectivity index (χ4n) is 6.58. The minimum Gasteiger partial charge on any atom is -0.488 e. The van der Waals surface area contributed by atoms with Gasteiger partial charge in [-0.1, -0.05) is 49.7 Å². The number of sulfone groups is 1. The van der Waals surface area contributed by atoms with Crippen LogP contribution >= 0.6 is 11.6 Å². The number of carbonyl (C=O) groups is 3. The van der Waals surface area contributed by atoms with Gasteiger partial charge < -0.3 is 19.1 Å². The summed E-state index contributed by atoms with van der Waals surface area (Å²) in [4.78, 5) is 46.2. The van der Waals surface area contributed by atoms with Gasteiger partial charge in [-0.3, -0.25) is 19.7 Å². The molecule has 0 radical (unpaired) electrons. The Kier molecular flexibility index (Phi) is 11.8. The van der Waals surface area contributed by atoms with Crippen LogP contribution in [0, 0.1) is 11.3 Å². The third-order valence-corrected chi connectivity index (χ3v) is 10.8. The van der Waals surface area contributed by atoms with Gasteiger partial charge in [0.15, 0.2) is 5.75 Å². The predicted octanol–water partition coefficient (Wildman–Crippen LogP) is 5.10.